The molecule has 0 aliphatic rings. The molecule has 1 amide bonds. The molecule has 0 heterocycles. The molecule has 0 aliphatic carbocycles. The third kappa shape index (κ3) is 3.83. The van der Waals surface area contributed by atoms with E-state index in [1.807, 2.05) is 19.1 Å². The van der Waals surface area contributed by atoms with Gasteiger partial charge in [-0.15, -0.1) is 0 Å². The van der Waals surface area contributed by atoms with Crippen LogP contribution < -0.4 is 0 Å². The molecule has 4 nitrogen and oxygen atoms in total. The molecule has 0 bridgehead atoms. The van der Waals surface area contributed by atoms with E-state index >= 15 is 0 Å². The summed E-state index contributed by atoms with van der Waals surface area (Å²) in [6.07, 6.45) is 0. The molecule has 0 aromatic heterocycles. The van der Waals surface area contributed by atoms with Gasteiger partial charge in [0.1, 0.15) is 0 Å². The lowest BCUT2D eigenvalue weighted by atomic mass is 9.84. The van der Waals surface area contributed by atoms with Gasteiger partial charge in [0.25, 0.3) is 5.91 Å². The van der Waals surface area contributed by atoms with E-state index in [0.29, 0.717) is 17.7 Å². The van der Waals surface area contributed by atoms with E-state index in [9.17, 15) is 15.0 Å². The maximum atomic E-state index is 13.2. The Kier molecular flexibility index (Phi) is 5.42. The molecule has 4 heteroatoms. The van der Waals surface area contributed by atoms with Crippen molar-refractivity contribution in [1.82, 2.24) is 4.90 Å². The topological polar surface area (TPSA) is 60.8 Å². The quantitative estimate of drug-likeness (QED) is 0.857. The van der Waals surface area contributed by atoms with Crippen LogP contribution in [0.5, 0.6) is 0 Å². The molecule has 2 aromatic carbocycles. The number of hydrogen-bond donors (Lipinski definition) is 2. The number of carbonyl (C=O) groups excluding carboxylic acids is 1. The van der Waals surface area contributed by atoms with E-state index in [0.717, 1.165) is 0 Å². The third-order valence-corrected chi connectivity index (χ3v) is 3.94. The van der Waals surface area contributed by atoms with Crippen molar-refractivity contribution in [2.24, 2.45) is 0 Å². The molecule has 0 spiro atoms. The highest BCUT2D eigenvalue weighted by Gasteiger charge is 2.43. The fourth-order valence-electron chi connectivity index (χ4n) is 2.80. The fourth-order valence-corrected chi connectivity index (χ4v) is 2.80. The number of carbonyl (C=O) groups is 1. The molecule has 0 radical (unpaired) electrons. The first kappa shape index (κ1) is 18.2. The average Bonchev–Trinajstić information content (AvgIpc) is 2.59. The monoisotopic (exact) mass is 327 g/mol. The van der Waals surface area contributed by atoms with Crippen LogP contribution in [-0.4, -0.2) is 39.7 Å². The van der Waals surface area contributed by atoms with Gasteiger partial charge in [0.2, 0.25) is 0 Å². The van der Waals surface area contributed by atoms with Gasteiger partial charge in [-0.2, -0.15) is 0 Å². The van der Waals surface area contributed by atoms with Crippen molar-refractivity contribution in [1.29, 1.82) is 0 Å². The fraction of sp³-hybridized carbons (Fsp3) is 0.350. The normalized spacial score (nSPS) is 12.0. The first-order valence-electron chi connectivity index (χ1n) is 8.14. The standard InChI is InChI=1S/C20H25NO3/c1-4-21(15-19(2,3)23)18(22)20(24,16-11-7-5-8-12-16)17-13-9-6-10-14-17/h5-14,23-24H,4,15H2,1-3H3. The number of hydrogen-bond acceptors (Lipinski definition) is 3. The molecule has 0 fully saturated rings. The number of likely N-dealkylation sites (N-methyl/N-ethyl adjacent to an activating group) is 1. The van der Waals surface area contributed by atoms with Crippen molar-refractivity contribution in [3.63, 3.8) is 0 Å². The van der Waals surface area contributed by atoms with Gasteiger partial charge < -0.3 is 15.1 Å². The molecule has 2 N–H and O–H groups in total. The minimum atomic E-state index is -1.79. The zero-order valence-corrected chi connectivity index (χ0v) is 14.4. The van der Waals surface area contributed by atoms with E-state index < -0.39 is 17.1 Å². The van der Waals surface area contributed by atoms with Crippen LogP contribution in [-0.2, 0) is 10.4 Å². The Morgan fingerprint density at radius 3 is 1.67 bits per heavy atom. The van der Waals surface area contributed by atoms with Crippen LogP contribution in [0.1, 0.15) is 31.9 Å². The first-order chi connectivity index (χ1) is 11.3. The van der Waals surface area contributed by atoms with Crippen LogP contribution in [0.2, 0.25) is 0 Å². The number of rotatable bonds is 6. The van der Waals surface area contributed by atoms with E-state index in [-0.39, 0.29) is 6.54 Å². The number of nitrogens with zero attached hydrogens (tertiary/aromatic N) is 1. The molecule has 128 valence electrons. The summed E-state index contributed by atoms with van der Waals surface area (Å²) >= 11 is 0. The van der Waals surface area contributed by atoms with Crippen molar-refractivity contribution in [2.45, 2.75) is 32.0 Å². The van der Waals surface area contributed by atoms with Gasteiger partial charge >= 0.3 is 0 Å². The van der Waals surface area contributed by atoms with Crippen LogP contribution in [0.4, 0.5) is 0 Å². The van der Waals surface area contributed by atoms with Crippen molar-refractivity contribution < 1.29 is 15.0 Å². The van der Waals surface area contributed by atoms with Crippen LogP contribution in [0.3, 0.4) is 0 Å². The summed E-state index contributed by atoms with van der Waals surface area (Å²) < 4.78 is 0. The second-order valence-corrected chi connectivity index (χ2v) is 6.57. The molecule has 2 aromatic rings. The minimum Gasteiger partial charge on any atom is -0.389 e. The molecule has 2 rings (SSSR count). The maximum absolute atomic E-state index is 13.2. The highest BCUT2D eigenvalue weighted by Crippen LogP contribution is 2.32. The predicted molar refractivity (Wildman–Crippen MR) is 94.4 cm³/mol. The summed E-state index contributed by atoms with van der Waals surface area (Å²) in [6, 6.07) is 17.8. The molecular formula is C20H25NO3. The lowest BCUT2D eigenvalue weighted by Crippen LogP contribution is -2.51. The lowest BCUT2D eigenvalue weighted by molar-refractivity contribution is -0.150. The smallest absolute Gasteiger partial charge is 0.264 e. The van der Waals surface area contributed by atoms with Crippen LogP contribution in [0.15, 0.2) is 60.7 Å². The Morgan fingerprint density at radius 1 is 0.917 bits per heavy atom. The SMILES string of the molecule is CCN(CC(C)(C)O)C(=O)C(O)(c1ccccc1)c1ccccc1. The first-order valence-corrected chi connectivity index (χ1v) is 8.14. The zero-order valence-electron chi connectivity index (χ0n) is 14.4. The van der Waals surface area contributed by atoms with Gasteiger partial charge in [-0.05, 0) is 31.9 Å². The summed E-state index contributed by atoms with van der Waals surface area (Å²) in [4.78, 5) is 14.7. The van der Waals surface area contributed by atoms with Gasteiger partial charge in [-0.3, -0.25) is 4.79 Å². The summed E-state index contributed by atoms with van der Waals surface area (Å²) in [5, 5.41) is 21.5. The Balaban J connectivity index is 2.52. The highest BCUT2D eigenvalue weighted by molar-refractivity contribution is 5.90. The van der Waals surface area contributed by atoms with Gasteiger partial charge in [0, 0.05) is 13.1 Å². The van der Waals surface area contributed by atoms with E-state index in [1.54, 1.807) is 62.4 Å². The van der Waals surface area contributed by atoms with Gasteiger partial charge in [-0.1, -0.05) is 60.7 Å². The lowest BCUT2D eigenvalue weighted by Gasteiger charge is -2.36. The minimum absolute atomic E-state index is 0.143. The Hall–Kier alpha value is -2.17. The zero-order chi connectivity index (χ0) is 17.8. The summed E-state index contributed by atoms with van der Waals surface area (Å²) in [7, 11) is 0. The second kappa shape index (κ2) is 7.16. The molecule has 0 saturated carbocycles. The highest BCUT2D eigenvalue weighted by atomic mass is 16.3. The van der Waals surface area contributed by atoms with Crippen molar-refractivity contribution in [3.05, 3.63) is 71.8 Å². The molecule has 0 aliphatic heterocycles. The molecule has 0 saturated heterocycles. The Morgan fingerprint density at radius 2 is 1.33 bits per heavy atom. The number of benzene rings is 2. The van der Waals surface area contributed by atoms with Gasteiger partial charge in [0.15, 0.2) is 5.60 Å². The third-order valence-electron chi connectivity index (χ3n) is 3.94. The summed E-state index contributed by atoms with van der Waals surface area (Å²) in [6.45, 7) is 5.66. The van der Waals surface area contributed by atoms with E-state index in [2.05, 4.69) is 0 Å². The predicted octanol–water partition coefficient (Wildman–Crippen LogP) is 2.54. The van der Waals surface area contributed by atoms with Crippen molar-refractivity contribution in [2.75, 3.05) is 13.1 Å². The second-order valence-electron chi connectivity index (χ2n) is 6.57. The largest absolute Gasteiger partial charge is 0.389 e. The maximum Gasteiger partial charge on any atom is 0.264 e. The molecule has 24 heavy (non-hydrogen) atoms. The molecule has 0 unspecified atom stereocenters. The van der Waals surface area contributed by atoms with Gasteiger partial charge in [-0.25, -0.2) is 0 Å². The average molecular weight is 327 g/mol. The summed E-state index contributed by atoms with van der Waals surface area (Å²) in [5.41, 5.74) is -1.81. The molecule has 0 atom stereocenters. The Labute approximate surface area is 143 Å². The number of aliphatic hydroxyl groups is 2. The van der Waals surface area contributed by atoms with Crippen LogP contribution in [0.25, 0.3) is 0 Å². The van der Waals surface area contributed by atoms with Crippen molar-refractivity contribution in [3.8, 4) is 0 Å². The van der Waals surface area contributed by atoms with Crippen LogP contribution in [0, 0.1) is 0 Å². The van der Waals surface area contributed by atoms with Gasteiger partial charge in [0.05, 0.1) is 5.60 Å². The molecular weight excluding hydrogens is 302 g/mol. The van der Waals surface area contributed by atoms with Crippen molar-refractivity contribution >= 4 is 5.91 Å². The summed E-state index contributed by atoms with van der Waals surface area (Å²) in [5.74, 6) is -0.440. The van der Waals surface area contributed by atoms with E-state index in [4.69, 9.17) is 0 Å². The number of amides is 1. The van der Waals surface area contributed by atoms with E-state index in [1.165, 1.54) is 4.90 Å². The van der Waals surface area contributed by atoms with Crippen LogP contribution >= 0.6 is 0 Å². The Bertz CT molecular complexity index is 623.